The third-order valence-electron chi connectivity index (χ3n) is 3.84. The van der Waals surface area contributed by atoms with Crippen LogP contribution in [-0.4, -0.2) is 16.1 Å². The minimum Gasteiger partial charge on any atom is -0.385 e. The average molecular weight is 255 g/mol. The minimum atomic E-state index is 0.646. The second kappa shape index (κ2) is 5.47. The summed E-state index contributed by atoms with van der Waals surface area (Å²) in [6.45, 7) is 4.34. The first-order valence-electron chi connectivity index (χ1n) is 7.18. The van der Waals surface area contributed by atoms with Crippen molar-refractivity contribution in [3.05, 3.63) is 48.0 Å². The van der Waals surface area contributed by atoms with Crippen molar-refractivity contribution in [3.63, 3.8) is 0 Å². The van der Waals surface area contributed by atoms with Crippen LogP contribution in [0.25, 0.3) is 0 Å². The first kappa shape index (κ1) is 12.3. The first-order valence-corrected chi connectivity index (χ1v) is 7.18. The highest BCUT2D eigenvalue weighted by atomic mass is 15.1. The van der Waals surface area contributed by atoms with Gasteiger partial charge in [-0.25, -0.2) is 4.98 Å². The Bertz CT molecular complexity index is 544. The average Bonchev–Trinajstić information content (AvgIpc) is 2.86. The fraction of sp³-hybridized carbons (Fsp3) is 0.438. The molecule has 1 unspecified atom stereocenters. The maximum Gasteiger partial charge on any atom is 0.108 e. The Labute approximate surface area is 114 Å². The van der Waals surface area contributed by atoms with E-state index in [9.17, 15) is 0 Å². The van der Waals surface area contributed by atoms with E-state index in [0.29, 0.717) is 5.92 Å². The number of benzene rings is 1. The zero-order valence-electron chi connectivity index (χ0n) is 11.5. The summed E-state index contributed by atoms with van der Waals surface area (Å²) < 4.78 is 2.29. The van der Waals surface area contributed by atoms with Crippen molar-refractivity contribution in [2.24, 2.45) is 5.92 Å². The van der Waals surface area contributed by atoms with Gasteiger partial charge in [-0.05, 0) is 30.4 Å². The van der Waals surface area contributed by atoms with E-state index in [-0.39, 0.29) is 0 Å². The summed E-state index contributed by atoms with van der Waals surface area (Å²) in [5.74, 6) is 1.88. The largest absolute Gasteiger partial charge is 0.385 e. The Hall–Kier alpha value is -1.77. The number of para-hydroxylation sites is 1. The molecule has 1 N–H and O–H groups in total. The van der Waals surface area contributed by atoms with Crippen molar-refractivity contribution in [2.45, 2.75) is 32.7 Å². The number of aromatic nitrogens is 2. The molecule has 2 aromatic rings. The Morgan fingerprint density at radius 1 is 1.37 bits per heavy atom. The van der Waals surface area contributed by atoms with E-state index in [1.54, 1.807) is 0 Å². The van der Waals surface area contributed by atoms with Gasteiger partial charge in [-0.15, -0.1) is 0 Å². The van der Waals surface area contributed by atoms with E-state index < -0.39 is 0 Å². The maximum absolute atomic E-state index is 4.52. The van der Waals surface area contributed by atoms with Crippen LogP contribution in [0.4, 0.5) is 5.69 Å². The van der Waals surface area contributed by atoms with Crippen LogP contribution in [0.15, 0.2) is 36.7 Å². The van der Waals surface area contributed by atoms with Crippen molar-refractivity contribution in [3.8, 4) is 0 Å². The molecular weight excluding hydrogens is 234 g/mol. The van der Waals surface area contributed by atoms with Crippen LogP contribution in [0.2, 0.25) is 0 Å². The van der Waals surface area contributed by atoms with Crippen LogP contribution in [0, 0.1) is 5.92 Å². The standard InChI is InChI=1S/C16H21N3/c1-2-8-19-9-7-17-16(19)11-13-10-14-5-3-4-6-15(14)18-12-13/h3-7,9,13,18H,2,8,10-12H2,1H3. The molecule has 0 spiro atoms. The lowest BCUT2D eigenvalue weighted by Crippen LogP contribution is -2.25. The van der Waals surface area contributed by atoms with Crippen LogP contribution in [0.1, 0.15) is 24.7 Å². The molecule has 1 aromatic heterocycles. The van der Waals surface area contributed by atoms with Crippen molar-refractivity contribution >= 4 is 5.69 Å². The Morgan fingerprint density at radius 3 is 3.16 bits per heavy atom. The SMILES string of the molecule is CCCn1ccnc1CC1CNc2ccccc2C1. The monoisotopic (exact) mass is 255 g/mol. The molecule has 1 atom stereocenters. The summed E-state index contributed by atoms with van der Waals surface area (Å²) in [5.41, 5.74) is 2.74. The number of nitrogens with zero attached hydrogens (tertiary/aromatic N) is 2. The molecule has 0 amide bonds. The van der Waals surface area contributed by atoms with E-state index in [2.05, 4.69) is 52.3 Å². The van der Waals surface area contributed by atoms with Crippen LogP contribution < -0.4 is 5.32 Å². The molecule has 3 nitrogen and oxygen atoms in total. The maximum atomic E-state index is 4.52. The zero-order chi connectivity index (χ0) is 13.1. The zero-order valence-corrected chi connectivity index (χ0v) is 11.5. The Kier molecular flexibility index (Phi) is 3.53. The third-order valence-corrected chi connectivity index (χ3v) is 3.84. The molecule has 1 aromatic carbocycles. The molecule has 0 aliphatic carbocycles. The summed E-state index contributed by atoms with van der Waals surface area (Å²) in [6.07, 6.45) is 7.41. The van der Waals surface area contributed by atoms with Crippen molar-refractivity contribution in [1.82, 2.24) is 9.55 Å². The third kappa shape index (κ3) is 2.65. The quantitative estimate of drug-likeness (QED) is 0.909. The van der Waals surface area contributed by atoms with Gasteiger partial charge < -0.3 is 9.88 Å². The first-order chi connectivity index (χ1) is 9.36. The van der Waals surface area contributed by atoms with Gasteiger partial charge in [-0.1, -0.05) is 25.1 Å². The highest BCUT2D eigenvalue weighted by molar-refractivity contribution is 5.53. The molecule has 0 saturated carbocycles. The number of rotatable bonds is 4. The van der Waals surface area contributed by atoms with Gasteiger partial charge in [0.05, 0.1) is 0 Å². The molecule has 3 heteroatoms. The fourth-order valence-corrected chi connectivity index (χ4v) is 2.89. The summed E-state index contributed by atoms with van der Waals surface area (Å²) in [7, 11) is 0. The molecule has 2 heterocycles. The lowest BCUT2D eigenvalue weighted by Gasteiger charge is -2.26. The van der Waals surface area contributed by atoms with Gasteiger partial charge in [-0.2, -0.15) is 0 Å². The predicted octanol–water partition coefficient (Wildman–Crippen LogP) is 3.12. The molecule has 100 valence electrons. The lowest BCUT2D eigenvalue weighted by atomic mass is 9.91. The number of fused-ring (bicyclic) bond motifs is 1. The van der Waals surface area contributed by atoms with Gasteiger partial charge in [-0.3, -0.25) is 0 Å². The number of hydrogen-bond donors (Lipinski definition) is 1. The molecule has 1 aliphatic heterocycles. The smallest absolute Gasteiger partial charge is 0.108 e. The normalized spacial score (nSPS) is 17.8. The second-order valence-corrected chi connectivity index (χ2v) is 5.35. The van der Waals surface area contributed by atoms with E-state index in [1.807, 2.05) is 6.20 Å². The predicted molar refractivity (Wildman–Crippen MR) is 78.3 cm³/mol. The van der Waals surface area contributed by atoms with Crippen LogP contribution in [-0.2, 0) is 19.4 Å². The van der Waals surface area contributed by atoms with E-state index in [4.69, 9.17) is 0 Å². The Balaban J connectivity index is 1.70. The van der Waals surface area contributed by atoms with Gasteiger partial charge in [0, 0.05) is 37.6 Å². The van der Waals surface area contributed by atoms with Crippen molar-refractivity contribution < 1.29 is 0 Å². The molecule has 3 rings (SSSR count). The van der Waals surface area contributed by atoms with Gasteiger partial charge in [0.25, 0.3) is 0 Å². The van der Waals surface area contributed by atoms with E-state index >= 15 is 0 Å². The van der Waals surface area contributed by atoms with Crippen molar-refractivity contribution in [2.75, 3.05) is 11.9 Å². The summed E-state index contributed by atoms with van der Waals surface area (Å²) in [6, 6.07) is 8.62. The molecular formula is C16H21N3. The molecule has 0 radical (unpaired) electrons. The highest BCUT2D eigenvalue weighted by Crippen LogP contribution is 2.25. The van der Waals surface area contributed by atoms with E-state index in [0.717, 1.165) is 32.4 Å². The van der Waals surface area contributed by atoms with Gasteiger partial charge in [0.1, 0.15) is 5.82 Å². The van der Waals surface area contributed by atoms with Gasteiger partial charge >= 0.3 is 0 Å². The molecule has 19 heavy (non-hydrogen) atoms. The second-order valence-electron chi connectivity index (χ2n) is 5.35. The molecule has 1 aliphatic rings. The van der Waals surface area contributed by atoms with Crippen LogP contribution in [0.5, 0.6) is 0 Å². The van der Waals surface area contributed by atoms with Gasteiger partial charge in [0.15, 0.2) is 0 Å². The number of nitrogens with one attached hydrogen (secondary N) is 1. The lowest BCUT2D eigenvalue weighted by molar-refractivity contribution is 0.500. The summed E-state index contributed by atoms with van der Waals surface area (Å²) in [5, 5.41) is 3.54. The van der Waals surface area contributed by atoms with E-state index in [1.165, 1.54) is 17.1 Å². The molecule has 0 saturated heterocycles. The van der Waals surface area contributed by atoms with Crippen LogP contribution in [0.3, 0.4) is 0 Å². The molecule has 0 bridgehead atoms. The number of aryl methyl sites for hydroxylation is 1. The summed E-state index contributed by atoms with van der Waals surface area (Å²) in [4.78, 5) is 4.52. The number of imidazole rings is 1. The highest BCUT2D eigenvalue weighted by Gasteiger charge is 2.19. The van der Waals surface area contributed by atoms with Gasteiger partial charge in [0.2, 0.25) is 0 Å². The molecule has 0 fully saturated rings. The van der Waals surface area contributed by atoms with Crippen LogP contribution >= 0.6 is 0 Å². The number of anilines is 1. The minimum absolute atomic E-state index is 0.646. The number of hydrogen-bond acceptors (Lipinski definition) is 2. The van der Waals surface area contributed by atoms with Crippen molar-refractivity contribution in [1.29, 1.82) is 0 Å². The Morgan fingerprint density at radius 2 is 2.26 bits per heavy atom. The fourth-order valence-electron chi connectivity index (χ4n) is 2.89. The topological polar surface area (TPSA) is 29.9 Å². The summed E-state index contributed by atoms with van der Waals surface area (Å²) >= 11 is 0.